The maximum absolute atomic E-state index is 12.0. The fourth-order valence-electron chi connectivity index (χ4n) is 4.29. The van der Waals surface area contributed by atoms with Crippen LogP contribution in [0.25, 0.3) is 10.9 Å². The van der Waals surface area contributed by atoms with E-state index in [2.05, 4.69) is 26.3 Å². The molecule has 8 heteroatoms. The Kier molecular flexibility index (Phi) is 6.10. The first-order chi connectivity index (χ1) is 14.2. The van der Waals surface area contributed by atoms with Crippen molar-refractivity contribution >= 4 is 32.9 Å². The van der Waals surface area contributed by atoms with Gasteiger partial charge in [-0.25, -0.2) is 9.48 Å². The highest BCUT2D eigenvalue weighted by Crippen LogP contribution is 2.41. The van der Waals surface area contributed by atoms with Gasteiger partial charge in [0, 0.05) is 22.5 Å². The predicted molar refractivity (Wildman–Crippen MR) is 117 cm³/mol. The molecule has 30 heavy (non-hydrogen) atoms. The summed E-state index contributed by atoms with van der Waals surface area (Å²) in [6, 6.07) is 4.03. The van der Waals surface area contributed by atoms with E-state index in [1.54, 1.807) is 0 Å². The van der Waals surface area contributed by atoms with Gasteiger partial charge in [0.1, 0.15) is 5.60 Å². The van der Waals surface area contributed by atoms with Crippen LogP contribution in [0.4, 0.5) is 4.79 Å². The first-order valence-corrected chi connectivity index (χ1v) is 11.5. The lowest BCUT2D eigenvalue weighted by Crippen LogP contribution is -2.47. The standard InChI is InChI=1S/C22H30BrN3O4/c1-22(2,3)30-21(28)25-15-8-13(9-15)20(27)16-10-14(23)11-18-17(16)12-24-26(18)19-6-4-5-7-29-19/h10-13,15,19-20,27H,4-9H2,1-3H3,(H,25,28). The minimum atomic E-state index is -0.619. The SMILES string of the molecule is CC(C)(C)OC(=O)NC1CC(C(O)c2cc(Br)cc3c2cnn3C2CCCCO2)C1. The smallest absolute Gasteiger partial charge is 0.407 e. The van der Waals surface area contributed by atoms with Crippen molar-refractivity contribution in [2.24, 2.45) is 5.92 Å². The first-order valence-electron chi connectivity index (χ1n) is 10.7. The van der Waals surface area contributed by atoms with Gasteiger partial charge in [-0.1, -0.05) is 15.9 Å². The summed E-state index contributed by atoms with van der Waals surface area (Å²) in [5.74, 6) is 0.0803. The number of halogens is 1. The molecule has 2 aromatic rings. The van der Waals surface area contributed by atoms with Gasteiger partial charge in [-0.15, -0.1) is 0 Å². The molecule has 1 aromatic heterocycles. The van der Waals surface area contributed by atoms with E-state index < -0.39 is 17.8 Å². The molecule has 0 bridgehead atoms. The van der Waals surface area contributed by atoms with Crippen LogP contribution in [0.1, 0.15) is 70.8 Å². The number of aliphatic hydroxyl groups excluding tert-OH is 1. The molecule has 1 aliphatic heterocycles. The summed E-state index contributed by atoms with van der Waals surface area (Å²) >= 11 is 3.59. The highest BCUT2D eigenvalue weighted by atomic mass is 79.9. The number of hydrogen-bond acceptors (Lipinski definition) is 5. The second-order valence-electron chi connectivity index (χ2n) is 9.36. The van der Waals surface area contributed by atoms with Crippen molar-refractivity contribution < 1.29 is 19.4 Å². The number of alkyl carbamates (subject to hydrolysis) is 1. The molecule has 2 unspecified atom stereocenters. The largest absolute Gasteiger partial charge is 0.444 e. The molecule has 1 saturated carbocycles. The van der Waals surface area contributed by atoms with Gasteiger partial charge in [-0.2, -0.15) is 5.10 Å². The quantitative estimate of drug-likeness (QED) is 0.655. The van der Waals surface area contributed by atoms with Crippen molar-refractivity contribution in [3.05, 3.63) is 28.4 Å². The van der Waals surface area contributed by atoms with Gasteiger partial charge in [0.2, 0.25) is 0 Å². The molecule has 1 amide bonds. The van der Waals surface area contributed by atoms with Gasteiger partial charge >= 0.3 is 6.09 Å². The van der Waals surface area contributed by atoms with E-state index in [0.717, 1.165) is 46.8 Å². The van der Waals surface area contributed by atoms with Crippen LogP contribution in [-0.2, 0) is 9.47 Å². The molecule has 2 atom stereocenters. The number of nitrogens with one attached hydrogen (secondary N) is 1. The average molecular weight is 480 g/mol. The third-order valence-electron chi connectivity index (χ3n) is 5.80. The van der Waals surface area contributed by atoms with Crippen LogP contribution >= 0.6 is 15.9 Å². The Balaban J connectivity index is 1.46. The van der Waals surface area contributed by atoms with E-state index in [-0.39, 0.29) is 18.2 Å². The Morgan fingerprint density at radius 3 is 2.80 bits per heavy atom. The van der Waals surface area contributed by atoms with E-state index in [1.807, 2.05) is 43.8 Å². The van der Waals surface area contributed by atoms with Crippen molar-refractivity contribution in [3.63, 3.8) is 0 Å². The van der Waals surface area contributed by atoms with Crippen molar-refractivity contribution in [3.8, 4) is 0 Å². The molecule has 1 aliphatic carbocycles. The van der Waals surface area contributed by atoms with Crippen LogP contribution in [0.5, 0.6) is 0 Å². The molecular weight excluding hydrogens is 450 g/mol. The zero-order valence-electron chi connectivity index (χ0n) is 17.7. The summed E-state index contributed by atoms with van der Waals surface area (Å²) in [6.45, 7) is 6.29. The number of carbonyl (C=O) groups is 1. The maximum Gasteiger partial charge on any atom is 0.407 e. The van der Waals surface area contributed by atoms with Crippen LogP contribution in [0.2, 0.25) is 0 Å². The molecular formula is C22H30BrN3O4. The minimum Gasteiger partial charge on any atom is -0.444 e. The van der Waals surface area contributed by atoms with Crippen molar-refractivity contribution in [2.45, 2.75) is 76.9 Å². The first kappa shape index (κ1) is 21.6. The van der Waals surface area contributed by atoms with Gasteiger partial charge in [0.05, 0.1) is 17.8 Å². The lowest BCUT2D eigenvalue weighted by atomic mass is 9.74. The Labute approximate surface area is 185 Å². The van der Waals surface area contributed by atoms with E-state index >= 15 is 0 Å². The lowest BCUT2D eigenvalue weighted by molar-refractivity contribution is -0.0366. The van der Waals surface area contributed by atoms with E-state index in [0.29, 0.717) is 12.8 Å². The zero-order chi connectivity index (χ0) is 21.5. The summed E-state index contributed by atoms with van der Waals surface area (Å²) in [5, 5.41) is 19.5. The van der Waals surface area contributed by atoms with E-state index in [1.165, 1.54) is 0 Å². The number of nitrogens with zero attached hydrogens (tertiary/aromatic N) is 2. The highest BCUT2D eigenvalue weighted by molar-refractivity contribution is 9.10. The van der Waals surface area contributed by atoms with Crippen LogP contribution in [0.15, 0.2) is 22.8 Å². The molecule has 0 spiro atoms. The molecule has 2 fully saturated rings. The summed E-state index contributed by atoms with van der Waals surface area (Å²) in [4.78, 5) is 12.0. The second-order valence-corrected chi connectivity index (χ2v) is 10.3. The van der Waals surface area contributed by atoms with Crippen LogP contribution in [0.3, 0.4) is 0 Å². The maximum atomic E-state index is 12.0. The van der Waals surface area contributed by atoms with Crippen molar-refractivity contribution in [1.29, 1.82) is 0 Å². The number of ether oxygens (including phenoxy) is 2. The molecule has 164 valence electrons. The molecule has 1 saturated heterocycles. The Bertz CT molecular complexity index is 911. The normalized spacial score (nSPS) is 25.6. The molecule has 2 aliphatic rings. The van der Waals surface area contributed by atoms with Gasteiger partial charge in [-0.05, 0) is 76.5 Å². The number of aliphatic hydroxyl groups is 1. The summed E-state index contributed by atoms with van der Waals surface area (Å²) < 4.78 is 14.1. The van der Waals surface area contributed by atoms with E-state index in [9.17, 15) is 9.90 Å². The topological polar surface area (TPSA) is 85.6 Å². The summed E-state index contributed by atoms with van der Waals surface area (Å²) in [7, 11) is 0. The number of hydrogen-bond donors (Lipinski definition) is 2. The minimum absolute atomic E-state index is 0.0282. The third-order valence-corrected chi connectivity index (χ3v) is 6.26. The van der Waals surface area contributed by atoms with E-state index in [4.69, 9.17) is 9.47 Å². The number of amides is 1. The number of fused-ring (bicyclic) bond motifs is 1. The monoisotopic (exact) mass is 479 g/mol. The fourth-order valence-corrected chi connectivity index (χ4v) is 4.76. The highest BCUT2D eigenvalue weighted by Gasteiger charge is 2.37. The van der Waals surface area contributed by atoms with Crippen LogP contribution in [-0.4, -0.2) is 39.2 Å². The van der Waals surface area contributed by atoms with Crippen molar-refractivity contribution in [2.75, 3.05) is 6.61 Å². The average Bonchev–Trinajstić information content (AvgIpc) is 3.06. The Morgan fingerprint density at radius 1 is 1.37 bits per heavy atom. The number of carbonyl (C=O) groups excluding carboxylic acids is 1. The van der Waals surface area contributed by atoms with Crippen LogP contribution in [0, 0.1) is 5.92 Å². The van der Waals surface area contributed by atoms with Gasteiger partial charge in [-0.3, -0.25) is 0 Å². The second kappa shape index (κ2) is 8.48. The predicted octanol–water partition coefficient (Wildman–Crippen LogP) is 4.83. The number of benzene rings is 1. The molecule has 1 aromatic carbocycles. The Morgan fingerprint density at radius 2 is 2.13 bits per heavy atom. The van der Waals surface area contributed by atoms with Gasteiger partial charge in [0.15, 0.2) is 6.23 Å². The van der Waals surface area contributed by atoms with Crippen LogP contribution < -0.4 is 5.32 Å². The summed E-state index contributed by atoms with van der Waals surface area (Å²) in [6.07, 6.45) is 5.35. The zero-order valence-corrected chi connectivity index (χ0v) is 19.3. The van der Waals surface area contributed by atoms with Gasteiger partial charge < -0.3 is 19.9 Å². The number of aromatic nitrogens is 2. The molecule has 0 radical (unpaired) electrons. The van der Waals surface area contributed by atoms with Crippen molar-refractivity contribution in [1.82, 2.24) is 15.1 Å². The Hall–Kier alpha value is -1.64. The molecule has 4 rings (SSSR count). The summed E-state index contributed by atoms with van der Waals surface area (Å²) in [5.41, 5.74) is 1.31. The lowest BCUT2D eigenvalue weighted by Gasteiger charge is -2.39. The molecule has 2 N–H and O–H groups in total. The fraction of sp³-hybridized carbons (Fsp3) is 0.636. The number of rotatable bonds is 4. The van der Waals surface area contributed by atoms with Gasteiger partial charge in [0.25, 0.3) is 0 Å². The molecule has 7 nitrogen and oxygen atoms in total. The third kappa shape index (κ3) is 4.65. The molecule has 2 heterocycles.